The summed E-state index contributed by atoms with van der Waals surface area (Å²) in [5, 5.41) is 9.43. The first kappa shape index (κ1) is 18.6. The fourth-order valence-electron chi connectivity index (χ4n) is 4.95. The topological polar surface area (TPSA) is 49.8 Å². The molecular weight excluding hydrogens is 362 g/mol. The maximum Gasteiger partial charge on any atom is 0.171 e. The molecule has 2 heterocycles. The standard InChI is InChI=1S/C25H27NO3/c27-15-18-4-3-10-26(14-18)11-9-17-7-8-22-20(12-17)16-29-25(22)24-21-6-2-1-5-19(21)13-23(24)28/h1-2,5-8,12,18,27H,3-4,9-11,13-16H2/b25-24+. The molecule has 0 aromatic heterocycles. The minimum absolute atomic E-state index is 0.154. The van der Waals surface area contributed by atoms with Crippen molar-refractivity contribution in [2.24, 2.45) is 5.92 Å². The number of carbonyl (C=O) groups is 1. The van der Waals surface area contributed by atoms with Crippen LogP contribution in [0.4, 0.5) is 0 Å². The van der Waals surface area contributed by atoms with Gasteiger partial charge in [0.1, 0.15) is 12.4 Å². The van der Waals surface area contributed by atoms with Crippen LogP contribution >= 0.6 is 0 Å². The number of hydrogen-bond acceptors (Lipinski definition) is 4. The molecule has 1 atom stereocenters. The molecule has 0 radical (unpaired) electrons. The van der Waals surface area contributed by atoms with Crippen molar-refractivity contribution in [2.75, 3.05) is 26.2 Å². The van der Waals surface area contributed by atoms with Gasteiger partial charge in [-0.05, 0) is 48.4 Å². The Morgan fingerprint density at radius 1 is 1.10 bits per heavy atom. The molecule has 0 bridgehead atoms. The number of Topliss-reactive ketones (excluding diaryl/α,β-unsaturated/α-hetero) is 1. The van der Waals surface area contributed by atoms with Gasteiger partial charge in [0.15, 0.2) is 5.78 Å². The molecule has 4 nitrogen and oxygen atoms in total. The van der Waals surface area contributed by atoms with Crippen molar-refractivity contribution in [1.82, 2.24) is 4.90 Å². The Kier molecular flexibility index (Phi) is 4.98. The normalized spacial score (nSPS) is 23.8. The first-order valence-electron chi connectivity index (χ1n) is 10.7. The predicted octanol–water partition coefficient (Wildman–Crippen LogP) is 3.46. The van der Waals surface area contributed by atoms with Gasteiger partial charge in [0.05, 0.1) is 5.57 Å². The van der Waals surface area contributed by atoms with Crippen LogP contribution in [0.5, 0.6) is 0 Å². The maximum atomic E-state index is 12.7. The van der Waals surface area contributed by atoms with Crippen LogP contribution in [0.2, 0.25) is 0 Å². The van der Waals surface area contributed by atoms with Gasteiger partial charge in [-0.1, -0.05) is 42.5 Å². The molecule has 0 amide bonds. The summed E-state index contributed by atoms with van der Waals surface area (Å²) in [7, 11) is 0. The van der Waals surface area contributed by atoms with Gasteiger partial charge in [0.2, 0.25) is 0 Å². The molecule has 29 heavy (non-hydrogen) atoms. The largest absolute Gasteiger partial charge is 0.487 e. The number of hydrogen-bond donors (Lipinski definition) is 1. The number of ketones is 1. The number of rotatable bonds is 4. The second-order valence-electron chi connectivity index (χ2n) is 8.48. The number of ether oxygens (including phenoxy) is 1. The van der Waals surface area contributed by atoms with E-state index in [1.165, 1.54) is 17.5 Å². The summed E-state index contributed by atoms with van der Waals surface area (Å²) in [6.45, 7) is 3.99. The van der Waals surface area contributed by atoms with Gasteiger partial charge in [-0.25, -0.2) is 0 Å². The molecule has 0 spiro atoms. The highest BCUT2D eigenvalue weighted by Gasteiger charge is 2.32. The third kappa shape index (κ3) is 3.52. The first-order valence-corrected chi connectivity index (χ1v) is 10.7. The number of benzene rings is 2. The van der Waals surface area contributed by atoms with E-state index in [2.05, 4.69) is 23.1 Å². The summed E-state index contributed by atoms with van der Waals surface area (Å²) in [5.74, 6) is 1.34. The van der Waals surface area contributed by atoms with Gasteiger partial charge in [-0.15, -0.1) is 0 Å². The lowest BCUT2D eigenvalue weighted by molar-refractivity contribution is -0.112. The highest BCUT2D eigenvalue weighted by Crippen LogP contribution is 2.40. The van der Waals surface area contributed by atoms with Crippen molar-refractivity contribution in [2.45, 2.75) is 32.3 Å². The molecule has 2 aromatic carbocycles. The number of aliphatic hydroxyl groups is 1. The van der Waals surface area contributed by atoms with Crippen LogP contribution in [0.25, 0.3) is 11.3 Å². The fourth-order valence-corrected chi connectivity index (χ4v) is 4.95. The van der Waals surface area contributed by atoms with Crippen LogP contribution in [-0.4, -0.2) is 42.0 Å². The SMILES string of the molecule is O=C1Cc2ccccc2/C1=C1\OCc2cc(CCN3CCCC(CO)C3)ccc21. The van der Waals surface area contributed by atoms with Crippen LogP contribution in [0.3, 0.4) is 0 Å². The molecule has 1 unspecified atom stereocenters. The zero-order chi connectivity index (χ0) is 19.8. The molecule has 2 aromatic rings. The molecule has 1 fully saturated rings. The molecule has 150 valence electrons. The number of fused-ring (bicyclic) bond motifs is 2. The Bertz CT molecular complexity index is 978. The number of aliphatic hydroxyl groups excluding tert-OH is 1. The first-order chi connectivity index (χ1) is 14.2. The maximum absolute atomic E-state index is 12.7. The number of likely N-dealkylation sites (tertiary alicyclic amines) is 1. The zero-order valence-electron chi connectivity index (χ0n) is 16.7. The van der Waals surface area contributed by atoms with Gasteiger partial charge in [0.25, 0.3) is 0 Å². The van der Waals surface area contributed by atoms with Crippen molar-refractivity contribution in [3.05, 3.63) is 70.3 Å². The number of allylic oxidation sites excluding steroid dienone is 1. The average Bonchev–Trinajstić information content (AvgIpc) is 3.31. The smallest absolute Gasteiger partial charge is 0.171 e. The van der Waals surface area contributed by atoms with Crippen LogP contribution in [-0.2, 0) is 29.0 Å². The van der Waals surface area contributed by atoms with E-state index in [1.54, 1.807) is 0 Å². The molecule has 4 heteroatoms. The number of carbonyl (C=O) groups excluding carboxylic acids is 1. The van der Waals surface area contributed by atoms with Crippen molar-refractivity contribution in [1.29, 1.82) is 0 Å². The zero-order valence-corrected chi connectivity index (χ0v) is 16.7. The Hall–Kier alpha value is -2.43. The van der Waals surface area contributed by atoms with Gasteiger partial charge >= 0.3 is 0 Å². The van der Waals surface area contributed by atoms with E-state index in [0.29, 0.717) is 25.6 Å². The summed E-state index contributed by atoms with van der Waals surface area (Å²) in [4.78, 5) is 15.1. The Morgan fingerprint density at radius 3 is 2.90 bits per heavy atom. The second kappa shape index (κ2) is 7.77. The van der Waals surface area contributed by atoms with Crippen LogP contribution in [0.15, 0.2) is 42.5 Å². The monoisotopic (exact) mass is 389 g/mol. The summed E-state index contributed by atoms with van der Waals surface area (Å²) in [6.07, 6.45) is 3.79. The third-order valence-corrected chi connectivity index (χ3v) is 6.51. The highest BCUT2D eigenvalue weighted by molar-refractivity contribution is 6.31. The fraction of sp³-hybridized carbons (Fsp3) is 0.400. The minimum Gasteiger partial charge on any atom is -0.487 e. The van der Waals surface area contributed by atoms with E-state index in [1.807, 2.05) is 24.3 Å². The lowest BCUT2D eigenvalue weighted by Crippen LogP contribution is -2.37. The van der Waals surface area contributed by atoms with E-state index in [0.717, 1.165) is 60.5 Å². The quantitative estimate of drug-likeness (QED) is 0.814. The van der Waals surface area contributed by atoms with E-state index in [4.69, 9.17) is 4.74 Å². The number of nitrogens with zero attached hydrogens (tertiary/aromatic N) is 1. The molecule has 5 rings (SSSR count). The molecule has 3 aliphatic rings. The average molecular weight is 389 g/mol. The van der Waals surface area contributed by atoms with E-state index >= 15 is 0 Å². The minimum atomic E-state index is 0.154. The Morgan fingerprint density at radius 2 is 2.00 bits per heavy atom. The number of piperidine rings is 1. The van der Waals surface area contributed by atoms with Crippen molar-refractivity contribution >= 4 is 17.1 Å². The Labute approximate surface area is 171 Å². The predicted molar refractivity (Wildman–Crippen MR) is 113 cm³/mol. The van der Waals surface area contributed by atoms with Gasteiger partial charge in [-0.2, -0.15) is 0 Å². The molecule has 1 aliphatic carbocycles. The molecule has 1 saturated heterocycles. The third-order valence-electron chi connectivity index (χ3n) is 6.51. The molecular formula is C25H27NO3. The van der Waals surface area contributed by atoms with Gasteiger partial charge in [-0.3, -0.25) is 4.79 Å². The summed E-state index contributed by atoms with van der Waals surface area (Å²) < 4.78 is 6.03. The van der Waals surface area contributed by atoms with E-state index in [9.17, 15) is 9.90 Å². The summed E-state index contributed by atoms with van der Waals surface area (Å²) >= 11 is 0. The Balaban J connectivity index is 1.35. The summed E-state index contributed by atoms with van der Waals surface area (Å²) in [6, 6.07) is 14.6. The van der Waals surface area contributed by atoms with Crippen LogP contribution in [0, 0.1) is 5.92 Å². The van der Waals surface area contributed by atoms with Crippen LogP contribution < -0.4 is 0 Å². The van der Waals surface area contributed by atoms with E-state index in [-0.39, 0.29) is 5.78 Å². The van der Waals surface area contributed by atoms with Crippen molar-refractivity contribution in [3.8, 4) is 0 Å². The molecule has 0 saturated carbocycles. The van der Waals surface area contributed by atoms with Crippen molar-refractivity contribution in [3.63, 3.8) is 0 Å². The second-order valence-corrected chi connectivity index (χ2v) is 8.48. The molecule has 1 N–H and O–H groups in total. The van der Waals surface area contributed by atoms with Gasteiger partial charge < -0.3 is 14.7 Å². The molecule has 2 aliphatic heterocycles. The van der Waals surface area contributed by atoms with Gasteiger partial charge in [0, 0.05) is 37.2 Å². The van der Waals surface area contributed by atoms with Crippen LogP contribution in [0.1, 0.15) is 40.7 Å². The van der Waals surface area contributed by atoms with Crippen molar-refractivity contribution < 1.29 is 14.6 Å². The highest BCUT2D eigenvalue weighted by atomic mass is 16.5. The van der Waals surface area contributed by atoms with E-state index < -0.39 is 0 Å². The lowest BCUT2D eigenvalue weighted by Gasteiger charge is -2.31. The lowest BCUT2D eigenvalue weighted by atomic mass is 9.97. The summed E-state index contributed by atoms with van der Waals surface area (Å²) in [5.41, 5.74) is 6.41.